The standard InChI is InChI=1S/C7H6FNO3.C2H6/c8-12-7(11)4-1-2-5(9)6(10)3-4;1-2/h1-3,10H,9H2;1-2H3. The number of phenolic OH excluding ortho intramolecular Hbond substituents is 1. The van der Waals surface area contributed by atoms with Gasteiger partial charge in [-0.2, -0.15) is 0 Å². The Morgan fingerprint density at radius 2 is 2.07 bits per heavy atom. The number of nitrogens with two attached hydrogens (primary N) is 1. The van der Waals surface area contributed by atoms with Crippen LogP contribution in [0.15, 0.2) is 18.2 Å². The lowest BCUT2D eigenvalue weighted by molar-refractivity contribution is -0.0788. The maximum absolute atomic E-state index is 11.3. The molecule has 0 aliphatic heterocycles. The Labute approximate surface area is 81.0 Å². The lowest BCUT2D eigenvalue weighted by Crippen LogP contribution is -1.98. The Morgan fingerprint density at radius 3 is 2.50 bits per heavy atom. The number of nitrogen functional groups attached to an aromatic ring is 1. The summed E-state index contributed by atoms with van der Waals surface area (Å²) in [6.07, 6.45) is 0. The van der Waals surface area contributed by atoms with Gasteiger partial charge in [-0.25, -0.2) is 9.74 Å². The lowest BCUT2D eigenvalue weighted by atomic mass is 10.2. The van der Waals surface area contributed by atoms with Gasteiger partial charge < -0.3 is 10.8 Å². The highest BCUT2D eigenvalue weighted by Crippen LogP contribution is 2.20. The molecule has 0 heterocycles. The van der Waals surface area contributed by atoms with Crippen LogP contribution in [0.25, 0.3) is 0 Å². The Kier molecular flexibility index (Phi) is 5.06. The van der Waals surface area contributed by atoms with Crippen molar-refractivity contribution in [3.63, 3.8) is 0 Å². The normalized spacial score (nSPS) is 8.50. The number of anilines is 1. The molecule has 78 valence electrons. The van der Waals surface area contributed by atoms with E-state index >= 15 is 0 Å². The van der Waals surface area contributed by atoms with Crippen LogP contribution in [-0.2, 0) is 4.94 Å². The van der Waals surface area contributed by atoms with Crippen molar-refractivity contribution in [3.05, 3.63) is 23.8 Å². The minimum Gasteiger partial charge on any atom is -0.506 e. The summed E-state index contributed by atoms with van der Waals surface area (Å²) in [6, 6.07) is 3.55. The zero-order valence-electron chi connectivity index (χ0n) is 7.95. The molecular weight excluding hydrogens is 189 g/mol. The van der Waals surface area contributed by atoms with Crippen LogP contribution >= 0.6 is 0 Å². The van der Waals surface area contributed by atoms with E-state index in [4.69, 9.17) is 10.8 Å². The number of carbonyl (C=O) groups is 1. The van der Waals surface area contributed by atoms with Gasteiger partial charge in [0.05, 0.1) is 11.3 Å². The van der Waals surface area contributed by atoms with Gasteiger partial charge in [0.2, 0.25) is 0 Å². The fraction of sp³-hybridized carbons (Fsp3) is 0.222. The number of rotatable bonds is 1. The smallest absolute Gasteiger partial charge is 0.379 e. The highest BCUT2D eigenvalue weighted by Gasteiger charge is 2.09. The molecule has 0 aliphatic rings. The molecule has 0 aliphatic carbocycles. The molecule has 0 spiro atoms. The topological polar surface area (TPSA) is 72.6 Å². The van der Waals surface area contributed by atoms with Crippen LogP contribution in [0, 0.1) is 0 Å². The van der Waals surface area contributed by atoms with E-state index in [9.17, 15) is 9.32 Å². The van der Waals surface area contributed by atoms with E-state index in [2.05, 4.69) is 4.94 Å². The summed E-state index contributed by atoms with van der Waals surface area (Å²) in [4.78, 5) is 13.5. The molecule has 5 heteroatoms. The largest absolute Gasteiger partial charge is 0.506 e. The first-order valence-corrected chi connectivity index (χ1v) is 4.06. The Bertz CT molecular complexity index is 315. The predicted octanol–water partition coefficient (Wildman–Crippen LogP) is 2.04. The van der Waals surface area contributed by atoms with E-state index in [1.165, 1.54) is 12.1 Å². The van der Waals surface area contributed by atoms with Gasteiger partial charge in [0.15, 0.2) is 0 Å². The maximum atomic E-state index is 11.3. The van der Waals surface area contributed by atoms with Crippen LogP contribution < -0.4 is 5.73 Å². The fourth-order valence-electron chi connectivity index (χ4n) is 0.715. The van der Waals surface area contributed by atoms with Gasteiger partial charge in [-0.1, -0.05) is 13.8 Å². The molecule has 0 saturated carbocycles. The molecular formula is C9H12FNO3. The first kappa shape index (κ1) is 12.2. The summed E-state index contributed by atoms with van der Waals surface area (Å²) in [6.45, 7) is 4.00. The van der Waals surface area contributed by atoms with Crippen molar-refractivity contribution in [1.82, 2.24) is 0 Å². The van der Waals surface area contributed by atoms with E-state index in [1.54, 1.807) is 0 Å². The third-order valence-electron chi connectivity index (χ3n) is 1.34. The molecule has 0 saturated heterocycles. The molecule has 14 heavy (non-hydrogen) atoms. The van der Waals surface area contributed by atoms with Gasteiger partial charge in [-0.3, -0.25) is 0 Å². The number of hydrogen-bond acceptors (Lipinski definition) is 4. The SMILES string of the molecule is CC.Nc1ccc(C(=O)OF)cc1O. The van der Waals surface area contributed by atoms with Crippen LogP contribution in [0.2, 0.25) is 0 Å². The van der Waals surface area contributed by atoms with Gasteiger partial charge >= 0.3 is 5.97 Å². The molecule has 4 nitrogen and oxygen atoms in total. The first-order valence-electron chi connectivity index (χ1n) is 4.06. The Morgan fingerprint density at radius 1 is 1.50 bits per heavy atom. The highest BCUT2D eigenvalue weighted by atomic mass is 19.3. The Hall–Kier alpha value is -1.78. The minimum atomic E-state index is -1.16. The summed E-state index contributed by atoms with van der Waals surface area (Å²) < 4.78 is 11.3. The third kappa shape index (κ3) is 2.93. The summed E-state index contributed by atoms with van der Waals surface area (Å²) in [7, 11) is 0. The van der Waals surface area contributed by atoms with Gasteiger partial charge in [-0.15, -0.1) is 0 Å². The maximum Gasteiger partial charge on any atom is 0.379 e. The number of benzene rings is 1. The van der Waals surface area contributed by atoms with Crippen LogP contribution in [0.5, 0.6) is 5.75 Å². The average molecular weight is 201 g/mol. The second-order valence-electron chi connectivity index (χ2n) is 2.14. The van der Waals surface area contributed by atoms with E-state index in [1.807, 2.05) is 13.8 Å². The second-order valence-corrected chi connectivity index (χ2v) is 2.14. The molecule has 0 aromatic heterocycles. The molecule has 0 radical (unpaired) electrons. The number of phenols is 1. The number of aromatic hydroxyl groups is 1. The van der Waals surface area contributed by atoms with Crippen molar-refractivity contribution in [3.8, 4) is 5.75 Å². The van der Waals surface area contributed by atoms with E-state index in [0.717, 1.165) is 6.07 Å². The van der Waals surface area contributed by atoms with E-state index in [-0.39, 0.29) is 17.0 Å². The van der Waals surface area contributed by atoms with Crippen molar-refractivity contribution < 1.29 is 19.4 Å². The number of carbonyl (C=O) groups excluding carboxylic acids is 1. The van der Waals surface area contributed by atoms with Gasteiger partial charge in [0, 0.05) is 4.53 Å². The molecule has 1 rings (SSSR count). The summed E-state index contributed by atoms with van der Waals surface area (Å²) in [5.41, 5.74) is 5.26. The molecule has 1 aromatic carbocycles. The first-order chi connectivity index (χ1) is 6.65. The monoisotopic (exact) mass is 201 g/mol. The molecule has 0 unspecified atom stereocenters. The molecule has 0 amide bonds. The molecule has 0 atom stereocenters. The molecule has 0 fully saturated rings. The van der Waals surface area contributed by atoms with Crippen molar-refractivity contribution in [2.45, 2.75) is 13.8 Å². The van der Waals surface area contributed by atoms with Crippen molar-refractivity contribution >= 4 is 11.7 Å². The van der Waals surface area contributed by atoms with Crippen LogP contribution in [0.1, 0.15) is 24.2 Å². The number of hydrogen-bond donors (Lipinski definition) is 2. The average Bonchev–Trinajstić information content (AvgIpc) is 2.24. The summed E-state index contributed by atoms with van der Waals surface area (Å²) in [5, 5.41) is 8.99. The van der Waals surface area contributed by atoms with Crippen LogP contribution in [0.3, 0.4) is 0 Å². The summed E-state index contributed by atoms with van der Waals surface area (Å²) >= 11 is 0. The van der Waals surface area contributed by atoms with Crippen molar-refractivity contribution in [2.24, 2.45) is 0 Å². The van der Waals surface area contributed by atoms with E-state index in [0.29, 0.717) is 0 Å². The van der Waals surface area contributed by atoms with Crippen LogP contribution in [-0.4, -0.2) is 11.1 Å². The minimum absolute atomic E-state index is 0.0933. The van der Waals surface area contributed by atoms with Gasteiger partial charge in [-0.05, 0) is 18.2 Å². The fourth-order valence-corrected chi connectivity index (χ4v) is 0.715. The molecule has 3 N–H and O–H groups in total. The predicted molar refractivity (Wildman–Crippen MR) is 50.4 cm³/mol. The van der Waals surface area contributed by atoms with Crippen molar-refractivity contribution in [1.29, 1.82) is 0 Å². The quantitative estimate of drug-likeness (QED) is 0.538. The lowest BCUT2D eigenvalue weighted by Gasteiger charge is -1.99. The van der Waals surface area contributed by atoms with Gasteiger partial charge in [0.1, 0.15) is 5.75 Å². The second kappa shape index (κ2) is 5.80. The third-order valence-corrected chi connectivity index (χ3v) is 1.34. The number of halogens is 1. The zero-order chi connectivity index (χ0) is 11.1. The molecule has 1 aromatic rings. The van der Waals surface area contributed by atoms with Gasteiger partial charge in [0.25, 0.3) is 0 Å². The van der Waals surface area contributed by atoms with Crippen molar-refractivity contribution in [2.75, 3.05) is 5.73 Å². The molecule has 0 bridgehead atoms. The summed E-state index contributed by atoms with van der Waals surface area (Å²) in [5.74, 6) is -1.44. The zero-order valence-corrected chi connectivity index (χ0v) is 7.95. The highest BCUT2D eigenvalue weighted by molar-refractivity contribution is 5.90. The van der Waals surface area contributed by atoms with Crippen LogP contribution in [0.4, 0.5) is 10.2 Å². The van der Waals surface area contributed by atoms with E-state index < -0.39 is 5.97 Å². The Balaban J connectivity index is 0.000000791.